The third-order valence-corrected chi connectivity index (χ3v) is 5.26. The molecule has 34 heavy (non-hydrogen) atoms. The van der Waals surface area contributed by atoms with E-state index in [1.54, 1.807) is 19.1 Å². The standard InChI is InChI=1S/C23H25FN4O6/c1-4-25-23(32)34-12-15-10-16(24)7-6-14(15)8-13-9-17-19(26-11-13)20(29)18(21(30)27(17)3)22(31)28(33)5-2/h6-7,9-11,29,33H,4-5,8,12H2,1-3H3,(H,25,32). The Morgan fingerprint density at radius 2 is 1.97 bits per heavy atom. The molecule has 2 aromatic heterocycles. The normalized spacial score (nSPS) is 10.9. The minimum atomic E-state index is -1.03. The minimum absolute atomic E-state index is 0.0117. The lowest BCUT2D eigenvalue weighted by molar-refractivity contribution is -0.0544. The summed E-state index contributed by atoms with van der Waals surface area (Å²) in [6.07, 6.45) is 1.10. The van der Waals surface area contributed by atoms with Gasteiger partial charge in [-0.1, -0.05) is 6.07 Å². The average molecular weight is 472 g/mol. The summed E-state index contributed by atoms with van der Waals surface area (Å²) in [7, 11) is 1.42. The number of alkyl carbamates (subject to hydrolysis) is 1. The molecule has 3 rings (SSSR count). The van der Waals surface area contributed by atoms with Crippen LogP contribution in [0.4, 0.5) is 9.18 Å². The molecule has 10 nitrogen and oxygen atoms in total. The monoisotopic (exact) mass is 472 g/mol. The first-order valence-electron chi connectivity index (χ1n) is 10.6. The Bertz CT molecular complexity index is 1310. The van der Waals surface area contributed by atoms with Gasteiger partial charge < -0.3 is 19.7 Å². The molecule has 0 fully saturated rings. The third kappa shape index (κ3) is 4.99. The number of hydroxylamine groups is 2. The highest BCUT2D eigenvalue weighted by Gasteiger charge is 2.25. The van der Waals surface area contributed by atoms with Gasteiger partial charge in [0.15, 0.2) is 11.3 Å². The van der Waals surface area contributed by atoms with Crippen LogP contribution in [-0.2, 0) is 24.8 Å². The van der Waals surface area contributed by atoms with Crippen LogP contribution in [0.1, 0.15) is 40.9 Å². The number of hydrogen-bond acceptors (Lipinski definition) is 7. The van der Waals surface area contributed by atoms with Gasteiger partial charge in [0.05, 0.1) is 5.52 Å². The zero-order valence-corrected chi connectivity index (χ0v) is 19.0. The second-order valence-electron chi connectivity index (χ2n) is 7.52. The topological polar surface area (TPSA) is 134 Å². The number of aromatic nitrogens is 2. The van der Waals surface area contributed by atoms with Crippen LogP contribution < -0.4 is 10.9 Å². The number of halogens is 1. The van der Waals surface area contributed by atoms with Gasteiger partial charge in [-0.3, -0.25) is 19.8 Å². The number of rotatable bonds is 7. The van der Waals surface area contributed by atoms with E-state index in [4.69, 9.17) is 4.74 Å². The molecule has 0 unspecified atom stereocenters. The van der Waals surface area contributed by atoms with E-state index < -0.39 is 34.7 Å². The van der Waals surface area contributed by atoms with Crippen molar-refractivity contribution in [1.82, 2.24) is 19.9 Å². The number of pyridine rings is 2. The Hall–Kier alpha value is -3.99. The summed E-state index contributed by atoms with van der Waals surface area (Å²) in [4.78, 5) is 40.9. The first-order chi connectivity index (χ1) is 16.2. The Morgan fingerprint density at radius 3 is 2.65 bits per heavy atom. The number of carbonyl (C=O) groups excluding carboxylic acids is 2. The lowest BCUT2D eigenvalue weighted by Gasteiger charge is -2.16. The van der Waals surface area contributed by atoms with Crippen LogP contribution in [0.5, 0.6) is 5.75 Å². The van der Waals surface area contributed by atoms with E-state index >= 15 is 0 Å². The maximum Gasteiger partial charge on any atom is 0.407 e. The fraction of sp³-hybridized carbons (Fsp3) is 0.304. The van der Waals surface area contributed by atoms with E-state index in [0.29, 0.717) is 28.3 Å². The van der Waals surface area contributed by atoms with Crippen LogP contribution in [0.15, 0.2) is 35.3 Å². The summed E-state index contributed by atoms with van der Waals surface area (Å²) in [6, 6.07) is 5.74. The molecule has 2 amide bonds. The second kappa shape index (κ2) is 10.3. The molecule has 0 atom stereocenters. The molecule has 3 aromatic rings. The summed E-state index contributed by atoms with van der Waals surface area (Å²) >= 11 is 0. The summed E-state index contributed by atoms with van der Waals surface area (Å²) < 4.78 is 20.1. The van der Waals surface area contributed by atoms with Crippen molar-refractivity contribution in [3.63, 3.8) is 0 Å². The number of aryl methyl sites for hydroxylation is 1. The van der Waals surface area contributed by atoms with Crippen molar-refractivity contribution in [1.29, 1.82) is 0 Å². The highest BCUT2D eigenvalue weighted by molar-refractivity contribution is 6.00. The van der Waals surface area contributed by atoms with Gasteiger partial charge in [0, 0.05) is 26.3 Å². The molecule has 0 aliphatic carbocycles. The van der Waals surface area contributed by atoms with Crippen LogP contribution >= 0.6 is 0 Å². The highest BCUT2D eigenvalue weighted by Crippen LogP contribution is 2.26. The predicted octanol–water partition coefficient (Wildman–Crippen LogP) is 2.47. The molecule has 3 N–H and O–H groups in total. The highest BCUT2D eigenvalue weighted by atomic mass is 19.1. The molecular formula is C23H25FN4O6. The van der Waals surface area contributed by atoms with Crippen molar-refractivity contribution in [2.75, 3.05) is 13.1 Å². The SMILES string of the molecule is CCNC(=O)OCc1cc(F)ccc1Cc1cnc2c(O)c(C(=O)N(O)CC)c(=O)n(C)c2c1. The van der Waals surface area contributed by atoms with Gasteiger partial charge in [-0.2, -0.15) is 0 Å². The van der Waals surface area contributed by atoms with Gasteiger partial charge in [0.1, 0.15) is 17.9 Å². The van der Waals surface area contributed by atoms with Crippen molar-refractivity contribution >= 4 is 23.0 Å². The molecule has 0 aliphatic rings. The molecule has 0 saturated carbocycles. The van der Waals surface area contributed by atoms with E-state index in [9.17, 15) is 29.1 Å². The maximum atomic E-state index is 13.8. The largest absolute Gasteiger partial charge is 0.505 e. The quantitative estimate of drug-likeness (QED) is 0.355. The Morgan fingerprint density at radius 1 is 1.24 bits per heavy atom. The van der Waals surface area contributed by atoms with Crippen molar-refractivity contribution in [2.24, 2.45) is 7.05 Å². The van der Waals surface area contributed by atoms with Crippen LogP contribution in [0.3, 0.4) is 0 Å². The number of nitrogens with one attached hydrogen (secondary N) is 1. The first-order valence-corrected chi connectivity index (χ1v) is 10.6. The summed E-state index contributed by atoms with van der Waals surface area (Å²) in [5.74, 6) is -2.14. The maximum absolute atomic E-state index is 13.8. The number of carbonyl (C=O) groups is 2. The lowest BCUT2D eigenvalue weighted by Crippen LogP contribution is -2.34. The van der Waals surface area contributed by atoms with Gasteiger partial charge in [-0.05, 0) is 55.2 Å². The molecule has 0 aliphatic heterocycles. The predicted molar refractivity (Wildman–Crippen MR) is 120 cm³/mol. The fourth-order valence-electron chi connectivity index (χ4n) is 3.45. The smallest absolute Gasteiger partial charge is 0.407 e. The Labute approximate surface area is 194 Å². The minimum Gasteiger partial charge on any atom is -0.505 e. The molecular weight excluding hydrogens is 447 g/mol. The molecule has 2 heterocycles. The molecule has 0 saturated heterocycles. The molecule has 1 aromatic carbocycles. The van der Waals surface area contributed by atoms with Crippen molar-refractivity contribution in [3.05, 3.63) is 68.9 Å². The zero-order chi connectivity index (χ0) is 25.0. The molecule has 0 bridgehead atoms. The van der Waals surface area contributed by atoms with E-state index in [0.717, 1.165) is 4.57 Å². The van der Waals surface area contributed by atoms with Crippen LogP contribution in [0.2, 0.25) is 0 Å². The van der Waals surface area contributed by atoms with Crippen LogP contribution in [0.25, 0.3) is 11.0 Å². The Balaban J connectivity index is 1.99. The number of aromatic hydroxyl groups is 1. The van der Waals surface area contributed by atoms with Crippen molar-refractivity contribution < 1.29 is 29.0 Å². The lowest BCUT2D eigenvalue weighted by atomic mass is 10.0. The van der Waals surface area contributed by atoms with Crippen molar-refractivity contribution in [3.8, 4) is 5.75 Å². The van der Waals surface area contributed by atoms with Gasteiger partial charge in [-0.25, -0.2) is 14.2 Å². The fourth-order valence-corrected chi connectivity index (χ4v) is 3.45. The van der Waals surface area contributed by atoms with Gasteiger partial charge in [-0.15, -0.1) is 0 Å². The Kier molecular flexibility index (Phi) is 7.47. The number of amides is 2. The molecule has 11 heteroatoms. The molecule has 180 valence electrons. The molecule has 0 radical (unpaired) electrons. The summed E-state index contributed by atoms with van der Waals surface area (Å²) in [6.45, 7) is 3.44. The van der Waals surface area contributed by atoms with Gasteiger partial charge in [0.25, 0.3) is 11.5 Å². The number of benzene rings is 1. The zero-order valence-electron chi connectivity index (χ0n) is 19.0. The molecule has 0 spiro atoms. The van der Waals surface area contributed by atoms with Crippen LogP contribution in [0, 0.1) is 5.82 Å². The third-order valence-electron chi connectivity index (χ3n) is 5.26. The number of hydrogen-bond donors (Lipinski definition) is 3. The summed E-state index contributed by atoms with van der Waals surface area (Å²) in [5.41, 5.74) is 0.669. The van der Waals surface area contributed by atoms with E-state index in [1.807, 2.05) is 0 Å². The van der Waals surface area contributed by atoms with Crippen molar-refractivity contribution in [2.45, 2.75) is 26.9 Å². The van der Waals surface area contributed by atoms with E-state index in [-0.39, 0.29) is 30.6 Å². The van der Waals surface area contributed by atoms with Gasteiger partial charge >= 0.3 is 6.09 Å². The number of ether oxygens (including phenoxy) is 1. The number of fused-ring (bicyclic) bond motifs is 1. The van der Waals surface area contributed by atoms with E-state index in [2.05, 4.69) is 10.3 Å². The van der Waals surface area contributed by atoms with Crippen LogP contribution in [-0.4, -0.2) is 50.0 Å². The number of nitrogens with zero attached hydrogens (tertiary/aromatic N) is 3. The van der Waals surface area contributed by atoms with Gasteiger partial charge in [0.2, 0.25) is 0 Å². The summed E-state index contributed by atoms with van der Waals surface area (Å²) in [5, 5.41) is 23.1. The second-order valence-corrected chi connectivity index (χ2v) is 7.52. The first kappa shape index (κ1) is 24.6. The average Bonchev–Trinajstić information content (AvgIpc) is 2.82. The van der Waals surface area contributed by atoms with E-state index in [1.165, 1.54) is 32.3 Å².